The second kappa shape index (κ2) is 3.80. The van der Waals surface area contributed by atoms with Gasteiger partial charge in [0.25, 0.3) is 0 Å². The van der Waals surface area contributed by atoms with Gasteiger partial charge in [-0.05, 0) is 12.1 Å². The molecular formula is C9H6F2O2. The molecule has 0 heterocycles. The van der Waals surface area contributed by atoms with Gasteiger partial charge in [0.05, 0.1) is 0 Å². The summed E-state index contributed by atoms with van der Waals surface area (Å²) in [6.45, 7) is 0. The third-order valence-corrected chi connectivity index (χ3v) is 1.39. The van der Waals surface area contributed by atoms with Crippen LogP contribution in [0.5, 0.6) is 0 Å². The number of halogens is 2. The lowest BCUT2D eigenvalue weighted by molar-refractivity contribution is -0.134. The maximum atomic E-state index is 12.8. The molecule has 0 unspecified atom stereocenters. The normalized spacial score (nSPS) is 11.4. The first kappa shape index (κ1) is 9.38. The van der Waals surface area contributed by atoms with E-state index in [2.05, 4.69) is 0 Å². The molecule has 0 aliphatic heterocycles. The lowest BCUT2D eigenvalue weighted by Crippen LogP contribution is -1.94. The molecular weight excluding hydrogens is 178 g/mol. The van der Waals surface area contributed by atoms with Crippen molar-refractivity contribution < 1.29 is 18.7 Å². The third kappa shape index (κ3) is 2.37. The van der Waals surface area contributed by atoms with Crippen LogP contribution in [0.3, 0.4) is 0 Å². The van der Waals surface area contributed by atoms with E-state index in [0.717, 1.165) is 6.07 Å². The number of carboxylic acids is 1. The lowest BCUT2D eigenvalue weighted by Gasteiger charge is -1.94. The van der Waals surface area contributed by atoms with Crippen LogP contribution in [0.2, 0.25) is 0 Å². The van der Waals surface area contributed by atoms with E-state index in [1.807, 2.05) is 0 Å². The summed E-state index contributed by atoms with van der Waals surface area (Å²) in [4.78, 5) is 10.0. The van der Waals surface area contributed by atoms with E-state index in [1.165, 1.54) is 18.2 Å². The van der Waals surface area contributed by atoms with E-state index in [1.54, 1.807) is 0 Å². The number of rotatable bonds is 2. The lowest BCUT2D eigenvalue weighted by atomic mass is 10.2. The molecule has 4 heteroatoms. The molecule has 1 N–H and O–H groups in total. The molecule has 0 fully saturated rings. The molecule has 1 rings (SSSR count). The smallest absolute Gasteiger partial charge is 0.364 e. The maximum Gasteiger partial charge on any atom is 0.364 e. The summed E-state index contributed by atoms with van der Waals surface area (Å²) < 4.78 is 25.3. The fraction of sp³-hybridized carbons (Fsp3) is 0. The van der Waals surface area contributed by atoms with Gasteiger partial charge in [-0.2, -0.15) is 4.39 Å². The molecule has 0 bridgehead atoms. The Bertz CT molecular complexity index is 358. The van der Waals surface area contributed by atoms with Crippen molar-refractivity contribution in [2.24, 2.45) is 0 Å². The van der Waals surface area contributed by atoms with Crippen LogP contribution in [-0.2, 0) is 4.79 Å². The summed E-state index contributed by atoms with van der Waals surface area (Å²) in [5.74, 6) is -3.74. The van der Waals surface area contributed by atoms with Crippen molar-refractivity contribution in [1.82, 2.24) is 0 Å². The minimum absolute atomic E-state index is 0.0811. The molecule has 0 aliphatic rings. The van der Waals surface area contributed by atoms with Crippen molar-refractivity contribution in [3.8, 4) is 0 Å². The Balaban J connectivity index is 3.04. The van der Waals surface area contributed by atoms with Crippen LogP contribution < -0.4 is 0 Å². The van der Waals surface area contributed by atoms with Gasteiger partial charge in [0.15, 0.2) is 0 Å². The Morgan fingerprint density at radius 2 is 2.00 bits per heavy atom. The van der Waals surface area contributed by atoms with Crippen LogP contribution in [0.25, 0.3) is 6.08 Å². The summed E-state index contributed by atoms with van der Waals surface area (Å²) in [6, 6.07) is 5.34. The summed E-state index contributed by atoms with van der Waals surface area (Å²) >= 11 is 0. The zero-order valence-corrected chi connectivity index (χ0v) is 6.50. The molecule has 0 radical (unpaired) electrons. The van der Waals surface area contributed by atoms with E-state index in [9.17, 15) is 13.6 Å². The van der Waals surface area contributed by atoms with Gasteiger partial charge in [-0.3, -0.25) is 0 Å². The Kier molecular flexibility index (Phi) is 2.74. The quantitative estimate of drug-likeness (QED) is 0.715. The van der Waals surface area contributed by atoms with Crippen molar-refractivity contribution in [2.75, 3.05) is 0 Å². The molecule has 0 saturated carbocycles. The second-order valence-corrected chi connectivity index (χ2v) is 2.32. The van der Waals surface area contributed by atoms with Gasteiger partial charge in [-0.1, -0.05) is 18.2 Å². The fourth-order valence-corrected chi connectivity index (χ4v) is 0.790. The number of aliphatic carboxylic acids is 1. The van der Waals surface area contributed by atoms with Crippen LogP contribution in [-0.4, -0.2) is 11.1 Å². The van der Waals surface area contributed by atoms with Crippen LogP contribution in [0.1, 0.15) is 5.56 Å². The SMILES string of the molecule is O=C(O)C(F)=Cc1ccccc1F. The minimum atomic E-state index is -1.71. The number of carbonyl (C=O) groups is 1. The first-order valence-electron chi connectivity index (χ1n) is 3.46. The number of hydrogen-bond acceptors (Lipinski definition) is 1. The summed E-state index contributed by atoms with van der Waals surface area (Å²) in [5, 5.41) is 8.17. The zero-order valence-electron chi connectivity index (χ0n) is 6.50. The first-order chi connectivity index (χ1) is 6.11. The highest BCUT2D eigenvalue weighted by atomic mass is 19.1. The fourth-order valence-electron chi connectivity index (χ4n) is 0.790. The molecule has 0 atom stereocenters. The molecule has 1 aromatic carbocycles. The van der Waals surface area contributed by atoms with Gasteiger partial charge < -0.3 is 5.11 Å². The van der Waals surface area contributed by atoms with Crippen LogP contribution >= 0.6 is 0 Å². The molecule has 0 saturated heterocycles. The Hall–Kier alpha value is -1.71. The first-order valence-corrected chi connectivity index (χ1v) is 3.46. The second-order valence-electron chi connectivity index (χ2n) is 2.32. The summed E-state index contributed by atoms with van der Waals surface area (Å²) in [7, 11) is 0. The van der Waals surface area contributed by atoms with Crippen molar-refractivity contribution in [2.45, 2.75) is 0 Å². The average Bonchev–Trinajstić information content (AvgIpc) is 2.08. The Morgan fingerprint density at radius 3 is 2.54 bits per heavy atom. The topological polar surface area (TPSA) is 37.3 Å². The van der Waals surface area contributed by atoms with Gasteiger partial charge in [-0.25, -0.2) is 9.18 Å². The predicted octanol–water partition coefficient (Wildman–Crippen LogP) is 2.22. The highest BCUT2D eigenvalue weighted by Gasteiger charge is 2.06. The molecule has 0 amide bonds. The van der Waals surface area contributed by atoms with Crippen LogP contribution in [0, 0.1) is 5.82 Å². The van der Waals surface area contributed by atoms with E-state index in [0.29, 0.717) is 6.08 Å². The molecule has 1 aromatic rings. The zero-order chi connectivity index (χ0) is 9.84. The molecule has 0 aliphatic carbocycles. The monoisotopic (exact) mass is 184 g/mol. The van der Waals surface area contributed by atoms with Crippen molar-refractivity contribution >= 4 is 12.0 Å². The Morgan fingerprint density at radius 1 is 1.38 bits per heavy atom. The average molecular weight is 184 g/mol. The van der Waals surface area contributed by atoms with E-state index in [-0.39, 0.29) is 5.56 Å². The van der Waals surface area contributed by atoms with Gasteiger partial charge in [0.2, 0.25) is 5.83 Å². The van der Waals surface area contributed by atoms with Gasteiger partial charge in [-0.15, -0.1) is 0 Å². The van der Waals surface area contributed by atoms with Crippen molar-refractivity contribution in [3.05, 3.63) is 41.5 Å². The van der Waals surface area contributed by atoms with E-state index >= 15 is 0 Å². The number of carboxylic acid groups (broad SMARTS) is 1. The molecule has 2 nitrogen and oxygen atoms in total. The predicted molar refractivity (Wildman–Crippen MR) is 43.1 cm³/mol. The highest BCUT2D eigenvalue weighted by Crippen LogP contribution is 2.11. The third-order valence-electron chi connectivity index (χ3n) is 1.39. The van der Waals surface area contributed by atoms with Gasteiger partial charge >= 0.3 is 5.97 Å². The van der Waals surface area contributed by atoms with E-state index in [4.69, 9.17) is 5.11 Å². The molecule has 0 spiro atoms. The van der Waals surface area contributed by atoms with Crippen molar-refractivity contribution in [1.29, 1.82) is 0 Å². The van der Waals surface area contributed by atoms with Gasteiger partial charge in [0, 0.05) is 5.56 Å². The number of hydrogen-bond donors (Lipinski definition) is 1. The maximum absolute atomic E-state index is 12.8. The molecule has 13 heavy (non-hydrogen) atoms. The summed E-state index contributed by atoms with van der Waals surface area (Å²) in [5.41, 5.74) is -0.0811. The minimum Gasteiger partial charge on any atom is -0.476 e. The van der Waals surface area contributed by atoms with E-state index < -0.39 is 17.6 Å². The number of benzene rings is 1. The molecule has 0 aromatic heterocycles. The van der Waals surface area contributed by atoms with Crippen molar-refractivity contribution in [3.63, 3.8) is 0 Å². The summed E-state index contributed by atoms with van der Waals surface area (Å²) in [6.07, 6.45) is 0.637. The standard InChI is InChI=1S/C9H6F2O2/c10-7-4-2-1-3-6(7)5-8(11)9(12)13/h1-5H,(H,12,13). The van der Waals surface area contributed by atoms with Crippen LogP contribution in [0.15, 0.2) is 30.1 Å². The van der Waals surface area contributed by atoms with Gasteiger partial charge in [0.1, 0.15) is 5.82 Å². The highest BCUT2D eigenvalue weighted by molar-refractivity contribution is 5.89. The van der Waals surface area contributed by atoms with Crippen LogP contribution in [0.4, 0.5) is 8.78 Å². The molecule has 68 valence electrons. The largest absolute Gasteiger partial charge is 0.476 e. The Labute approximate surface area is 73.1 Å².